The van der Waals surface area contributed by atoms with Crippen LogP contribution in [0.2, 0.25) is 0 Å². The average molecular weight is 411 g/mol. The molecule has 0 N–H and O–H groups in total. The third kappa shape index (κ3) is 4.03. The number of thiophene rings is 1. The number of hydrogen-bond acceptors (Lipinski definition) is 5. The number of rotatable bonds is 4. The maximum atomic E-state index is 12.6. The number of aromatic nitrogens is 1. The van der Waals surface area contributed by atoms with Gasteiger partial charge in [-0.15, -0.1) is 22.7 Å². The number of Topliss-reactive ketones (excluding diaryl/α,β-unsaturated/α-hetero) is 1. The topological polar surface area (TPSA) is 42.3 Å². The number of piperidine rings is 1. The molecule has 0 atom stereocenters. The van der Waals surface area contributed by atoms with Crippen molar-refractivity contribution in [2.45, 2.75) is 19.3 Å². The second-order valence-electron chi connectivity index (χ2n) is 6.94. The normalized spacial score (nSPS) is 16.0. The van der Waals surface area contributed by atoms with Gasteiger partial charge in [0.05, 0.1) is 9.41 Å². The fourth-order valence-electron chi connectivity index (χ4n) is 3.39. The molecule has 0 saturated carbocycles. The molecular weight excluding hydrogens is 388 g/mol. The van der Waals surface area contributed by atoms with Crippen LogP contribution in [0.1, 0.15) is 34.5 Å². The van der Waals surface area contributed by atoms with Gasteiger partial charge in [0.15, 0.2) is 5.78 Å². The van der Waals surface area contributed by atoms with E-state index in [-0.39, 0.29) is 11.3 Å². The Morgan fingerprint density at radius 2 is 1.82 bits per heavy atom. The van der Waals surface area contributed by atoms with Crippen molar-refractivity contribution in [2.75, 3.05) is 18.0 Å². The van der Waals surface area contributed by atoms with Crippen LogP contribution in [0.25, 0.3) is 12.2 Å². The molecule has 0 radical (unpaired) electrons. The van der Waals surface area contributed by atoms with Gasteiger partial charge >= 0.3 is 0 Å². The Morgan fingerprint density at radius 1 is 1.07 bits per heavy atom. The number of benzene rings is 1. The monoisotopic (exact) mass is 410 g/mol. The number of nitrogens with zero attached hydrogens (tertiary/aromatic N) is 2. The lowest BCUT2D eigenvalue weighted by Gasteiger charge is -2.28. The Morgan fingerprint density at radius 3 is 2.50 bits per heavy atom. The van der Waals surface area contributed by atoms with Crippen molar-refractivity contribution in [1.82, 2.24) is 4.57 Å². The van der Waals surface area contributed by atoms with E-state index in [4.69, 9.17) is 0 Å². The van der Waals surface area contributed by atoms with E-state index >= 15 is 0 Å². The molecule has 144 valence electrons. The molecule has 2 aromatic heterocycles. The van der Waals surface area contributed by atoms with Crippen molar-refractivity contribution in [3.63, 3.8) is 0 Å². The maximum absolute atomic E-state index is 12.6. The predicted octanol–water partition coefficient (Wildman–Crippen LogP) is 2.99. The van der Waals surface area contributed by atoms with Gasteiger partial charge in [0.1, 0.15) is 4.66 Å². The molecule has 0 unspecified atom stereocenters. The summed E-state index contributed by atoms with van der Waals surface area (Å²) in [5.74, 6) is -0.0655. The van der Waals surface area contributed by atoms with Crippen LogP contribution in [0.5, 0.6) is 0 Å². The van der Waals surface area contributed by atoms with Gasteiger partial charge in [0.25, 0.3) is 5.56 Å². The van der Waals surface area contributed by atoms with E-state index in [0.29, 0.717) is 14.1 Å². The van der Waals surface area contributed by atoms with Gasteiger partial charge in [0, 0.05) is 31.9 Å². The zero-order chi connectivity index (χ0) is 19.5. The number of anilines is 1. The smallest absolute Gasteiger partial charge is 0.268 e. The SMILES string of the molecule is Cn1c(=O)/c(=C/c2ccc(N3CCCCC3)cc2)s/c1=C\C(=O)c1cccs1. The lowest BCUT2D eigenvalue weighted by Crippen LogP contribution is -2.29. The highest BCUT2D eigenvalue weighted by Crippen LogP contribution is 2.20. The van der Waals surface area contributed by atoms with Gasteiger partial charge in [-0.1, -0.05) is 18.2 Å². The van der Waals surface area contributed by atoms with E-state index < -0.39 is 0 Å². The summed E-state index contributed by atoms with van der Waals surface area (Å²) < 4.78 is 2.85. The van der Waals surface area contributed by atoms with Gasteiger partial charge in [0.2, 0.25) is 0 Å². The highest BCUT2D eigenvalue weighted by Gasteiger charge is 2.10. The molecule has 0 spiro atoms. The number of thiazole rings is 1. The van der Waals surface area contributed by atoms with Crippen molar-refractivity contribution in [1.29, 1.82) is 0 Å². The molecule has 1 saturated heterocycles. The van der Waals surface area contributed by atoms with Crippen LogP contribution in [-0.4, -0.2) is 23.4 Å². The molecule has 1 aliphatic heterocycles. The van der Waals surface area contributed by atoms with Crippen LogP contribution >= 0.6 is 22.7 Å². The van der Waals surface area contributed by atoms with Gasteiger partial charge in [-0.3, -0.25) is 9.59 Å². The first-order valence-corrected chi connectivity index (χ1v) is 11.1. The van der Waals surface area contributed by atoms with E-state index in [1.165, 1.54) is 47.6 Å². The fourth-order valence-corrected chi connectivity index (χ4v) is 5.06. The van der Waals surface area contributed by atoms with Crippen molar-refractivity contribution >= 4 is 46.3 Å². The molecule has 0 amide bonds. The first kappa shape index (κ1) is 18.9. The minimum atomic E-state index is -0.0738. The molecule has 1 aliphatic rings. The largest absolute Gasteiger partial charge is 0.372 e. The Bertz CT molecular complexity index is 1130. The number of carbonyl (C=O) groups excluding carboxylic acids is 1. The third-order valence-corrected chi connectivity index (χ3v) is 6.99. The van der Waals surface area contributed by atoms with Crippen molar-refractivity contribution in [3.8, 4) is 0 Å². The second kappa shape index (κ2) is 8.29. The first-order valence-electron chi connectivity index (χ1n) is 9.44. The molecular formula is C22H22N2O2S2. The number of ketones is 1. The van der Waals surface area contributed by atoms with Crippen LogP contribution in [0, 0.1) is 0 Å². The van der Waals surface area contributed by atoms with Crippen LogP contribution in [0.15, 0.2) is 46.6 Å². The summed E-state index contributed by atoms with van der Waals surface area (Å²) in [6.45, 7) is 2.23. The lowest BCUT2D eigenvalue weighted by atomic mass is 10.1. The zero-order valence-corrected chi connectivity index (χ0v) is 17.4. The Hall–Kier alpha value is -2.44. The zero-order valence-electron chi connectivity index (χ0n) is 15.8. The summed E-state index contributed by atoms with van der Waals surface area (Å²) in [7, 11) is 1.71. The summed E-state index contributed by atoms with van der Waals surface area (Å²) >= 11 is 2.76. The third-order valence-electron chi connectivity index (χ3n) is 4.99. The van der Waals surface area contributed by atoms with Gasteiger partial charge in [-0.05, 0) is 54.5 Å². The summed E-state index contributed by atoms with van der Waals surface area (Å²) in [4.78, 5) is 28.0. The molecule has 6 heteroatoms. The van der Waals surface area contributed by atoms with Crippen LogP contribution < -0.4 is 19.7 Å². The van der Waals surface area contributed by atoms with E-state index in [0.717, 1.165) is 18.7 Å². The van der Waals surface area contributed by atoms with Gasteiger partial charge in [-0.2, -0.15) is 0 Å². The first-order chi connectivity index (χ1) is 13.6. The minimum Gasteiger partial charge on any atom is -0.372 e. The molecule has 3 heterocycles. The van der Waals surface area contributed by atoms with Crippen LogP contribution in [0.3, 0.4) is 0 Å². The highest BCUT2D eigenvalue weighted by atomic mass is 32.1. The highest BCUT2D eigenvalue weighted by molar-refractivity contribution is 7.12. The molecule has 1 aromatic carbocycles. The van der Waals surface area contributed by atoms with Gasteiger partial charge in [-0.25, -0.2) is 0 Å². The van der Waals surface area contributed by atoms with Crippen molar-refractivity contribution in [3.05, 3.63) is 71.8 Å². The molecule has 4 rings (SSSR count). The second-order valence-corrected chi connectivity index (χ2v) is 8.95. The number of hydrogen-bond donors (Lipinski definition) is 0. The Labute approximate surface area is 171 Å². The average Bonchev–Trinajstić information content (AvgIpc) is 3.35. The van der Waals surface area contributed by atoms with Crippen molar-refractivity contribution in [2.24, 2.45) is 7.05 Å². The van der Waals surface area contributed by atoms with Crippen molar-refractivity contribution < 1.29 is 4.79 Å². The van der Waals surface area contributed by atoms with E-state index in [9.17, 15) is 9.59 Å². The summed E-state index contributed by atoms with van der Waals surface area (Å²) in [5, 5.41) is 1.88. The molecule has 3 aromatic rings. The Kier molecular flexibility index (Phi) is 5.59. The molecule has 4 nitrogen and oxygen atoms in total. The quantitative estimate of drug-likeness (QED) is 0.621. The van der Waals surface area contributed by atoms with E-state index in [2.05, 4.69) is 29.2 Å². The van der Waals surface area contributed by atoms with Crippen LogP contribution in [-0.2, 0) is 7.05 Å². The summed E-state index contributed by atoms with van der Waals surface area (Å²) in [5.41, 5.74) is 2.16. The van der Waals surface area contributed by atoms with E-state index in [1.54, 1.807) is 23.8 Å². The molecule has 28 heavy (non-hydrogen) atoms. The molecule has 0 aliphatic carbocycles. The fraction of sp³-hybridized carbons (Fsp3) is 0.273. The molecule has 0 bridgehead atoms. The van der Waals surface area contributed by atoms with Crippen LogP contribution in [0.4, 0.5) is 5.69 Å². The Balaban J connectivity index is 1.63. The van der Waals surface area contributed by atoms with E-state index in [1.807, 2.05) is 17.5 Å². The summed E-state index contributed by atoms with van der Waals surface area (Å²) in [6.07, 6.45) is 7.28. The lowest BCUT2D eigenvalue weighted by molar-refractivity contribution is 0.106. The number of carbonyl (C=O) groups is 1. The van der Waals surface area contributed by atoms with Gasteiger partial charge < -0.3 is 9.47 Å². The maximum Gasteiger partial charge on any atom is 0.268 e. The summed E-state index contributed by atoms with van der Waals surface area (Å²) in [6, 6.07) is 12.0. The minimum absolute atomic E-state index is 0.0655. The predicted molar refractivity (Wildman–Crippen MR) is 118 cm³/mol. The molecule has 1 fully saturated rings. The standard InChI is InChI=1S/C22H22N2O2S2/c1-23-21(15-18(25)19-6-5-13-27-19)28-20(22(23)26)14-16-7-9-17(10-8-16)24-11-3-2-4-12-24/h5-10,13-15H,2-4,11-12H2,1H3/b20-14-,21-15-.